The van der Waals surface area contributed by atoms with Crippen LogP contribution in [-0.2, 0) is 19.1 Å². The first kappa shape index (κ1) is 8.67. The number of halogens is 1. The molecule has 6 atom stereocenters. The Morgan fingerprint density at radius 2 is 2.07 bits per heavy atom. The third-order valence-corrected chi connectivity index (χ3v) is 4.21. The average Bonchev–Trinajstić information content (AvgIpc) is 2.67. The highest BCUT2D eigenvalue weighted by molar-refractivity contribution is 9.09. The fourth-order valence-electron chi connectivity index (χ4n) is 2.60. The second-order valence-electron chi connectivity index (χ2n) is 3.80. The standard InChI is InChI=1S/C8H7BrO5/c9-3-4-1(7(10)11)2-5(13-4)6(3)14-8(2)12/h1-6H,(H,10,11)/t1-,2-,3-,4+,5+,6-/m0/s1. The van der Waals surface area contributed by atoms with Gasteiger partial charge in [0, 0.05) is 0 Å². The number of carbonyl (C=O) groups excluding carboxylic acids is 1. The van der Waals surface area contributed by atoms with Gasteiger partial charge in [-0.2, -0.15) is 0 Å². The molecule has 0 unspecified atom stereocenters. The van der Waals surface area contributed by atoms with Crippen molar-refractivity contribution >= 4 is 27.9 Å². The fourth-order valence-corrected chi connectivity index (χ4v) is 3.46. The van der Waals surface area contributed by atoms with Crippen molar-refractivity contribution in [1.82, 2.24) is 0 Å². The van der Waals surface area contributed by atoms with Crippen LogP contribution >= 0.6 is 15.9 Å². The van der Waals surface area contributed by atoms with Crippen LogP contribution in [0, 0.1) is 11.8 Å². The Bertz CT molecular complexity index is 330. The molecule has 0 aliphatic carbocycles. The van der Waals surface area contributed by atoms with Gasteiger partial charge in [-0.15, -0.1) is 0 Å². The van der Waals surface area contributed by atoms with Gasteiger partial charge in [0.05, 0.1) is 10.9 Å². The van der Waals surface area contributed by atoms with E-state index in [1.54, 1.807) is 0 Å². The van der Waals surface area contributed by atoms with E-state index in [2.05, 4.69) is 15.9 Å². The monoisotopic (exact) mass is 262 g/mol. The number of rotatable bonds is 1. The van der Waals surface area contributed by atoms with E-state index in [1.807, 2.05) is 0 Å². The molecule has 3 aliphatic heterocycles. The number of carboxylic acid groups (broad SMARTS) is 1. The van der Waals surface area contributed by atoms with Gasteiger partial charge in [0.1, 0.15) is 24.0 Å². The van der Waals surface area contributed by atoms with Gasteiger partial charge in [-0.3, -0.25) is 9.59 Å². The number of hydrogen-bond donors (Lipinski definition) is 1. The molecule has 1 N–H and O–H groups in total. The quantitative estimate of drug-likeness (QED) is 0.522. The highest BCUT2D eigenvalue weighted by atomic mass is 79.9. The summed E-state index contributed by atoms with van der Waals surface area (Å²) in [7, 11) is 0. The Balaban J connectivity index is 2.04. The lowest BCUT2D eigenvalue weighted by Crippen LogP contribution is -2.42. The lowest BCUT2D eigenvalue weighted by Gasteiger charge is -2.21. The molecule has 0 amide bonds. The maximum absolute atomic E-state index is 11.4. The van der Waals surface area contributed by atoms with Gasteiger partial charge >= 0.3 is 11.9 Å². The zero-order chi connectivity index (χ0) is 10.0. The van der Waals surface area contributed by atoms with Crippen molar-refractivity contribution in [1.29, 1.82) is 0 Å². The van der Waals surface area contributed by atoms with Crippen molar-refractivity contribution in [3.8, 4) is 0 Å². The van der Waals surface area contributed by atoms with E-state index < -0.39 is 29.9 Å². The summed E-state index contributed by atoms with van der Waals surface area (Å²) in [5.41, 5.74) is 0. The summed E-state index contributed by atoms with van der Waals surface area (Å²) in [5.74, 6) is -2.77. The molecule has 3 saturated heterocycles. The summed E-state index contributed by atoms with van der Waals surface area (Å²) in [6, 6.07) is 0. The Labute approximate surface area is 87.5 Å². The van der Waals surface area contributed by atoms with Crippen molar-refractivity contribution in [2.75, 3.05) is 0 Å². The molecule has 5 nitrogen and oxygen atoms in total. The molecule has 2 bridgehead atoms. The second-order valence-corrected chi connectivity index (χ2v) is 4.86. The van der Waals surface area contributed by atoms with Gasteiger partial charge in [-0.25, -0.2) is 0 Å². The zero-order valence-electron chi connectivity index (χ0n) is 6.92. The molecule has 3 heterocycles. The van der Waals surface area contributed by atoms with Gasteiger partial charge in [-0.05, 0) is 0 Å². The lowest BCUT2D eigenvalue weighted by molar-refractivity contribution is -0.151. The summed E-state index contributed by atoms with van der Waals surface area (Å²) >= 11 is 3.32. The fraction of sp³-hybridized carbons (Fsp3) is 0.750. The van der Waals surface area contributed by atoms with E-state index in [9.17, 15) is 9.59 Å². The van der Waals surface area contributed by atoms with Crippen LogP contribution in [0.25, 0.3) is 0 Å². The third kappa shape index (κ3) is 0.791. The van der Waals surface area contributed by atoms with Crippen LogP contribution in [0.15, 0.2) is 0 Å². The summed E-state index contributed by atoms with van der Waals surface area (Å²) in [5, 5.41) is 8.98. The van der Waals surface area contributed by atoms with Gasteiger partial charge in [0.25, 0.3) is 0 Å². The molecule has 0 spiro atoms. The Morgan fingerprint density at radius 3 is 2.71 bits per heavy atom. The van der Waals surface area contributed by atoms with Gasteiger partial charge in [0.15, 0.2) is 0 Å². The average molecular weight is 263 g/mol. The number of aliphatic carboxylic acids is 1. The molecule has 0 aromatic carbocycles. The zero-order valence-corrected chi connectivity index (χ0v) is 8.51. The minimum Gasteiger partial charge on any atom is -0.481 e. The van der Waals surface area contributed by atoms with E-state index in [0.29, 0.717) is 0 Å². The molecular weight excluding hydrogens is 256 g/mol. The van der Waals surface area contributed by atoms with Crippen LogP contribution in [0.3, 0.4) is 0 Å². The number of ether oxygens (including phenoxy) is 2. The summed E-state index contributed by atoms with van der Waals surface area (Å²) in [4.78, 5) is 22.1. The van der Waals surface area contributed by atoms with E-state index in [0.717, 1.165) is 0 Å². The first-order valence-electron chi connectivity index (χ1n) is 4.34. The van der Waals surface area contributed by atoms with Crippen molar-refractivity contribution in [3.63, 3.8) is 0 Å². The molecule has 6 heteroatoms. The molecule has 3 rings (SSSR count). The van der Waals surface area contributed by atoms with Crippen LogP contribution in [-0.4, -0.2) is 40.2 Å². The highest BCUT2D eigenvalue weighted by Gasteiger charge is 2.69. The smallest absolute Gasteiger partial charge is 0.313 e. The second kappa shape index (κ2) is 2.49. The molecule has 3 fully saturated rings. The van der Waals surface area contributed by atoms with Crippen LogP contribution in [0.1, 0.15) is 0 Å². The van der Waals surface area contributed by atoms with Crippen LogP contribution < -0.4 is 0 Å². The normalized spacial score (nSPS) is 53.6. The summed E-state index contributed by atoms with van der Waals surface area (Å²) < 4.78 is 10.5. The third-order valence-electron chi connectivity index (χ3n) is 3.17. The number of carboxylic acids is 1. The molecule has 76 valence electrons. The number of fused-ring (bicyclic) bond motifs is 1. The maximum atomic E-state index is 11.4. The number of esters is 1. The first-order valence-corrected chi connectivity index (χ1v) is 5.25. The topological polar surface area (TPSA) is 72.8 Å². The Morgan fingerprint density at radius 1 is 1.36 bits per heavy atom. The van der Waals surface area contributed by atoms with E-state index >= 15 is 0 Å². The molecule has 0 aromatic rings. The molecule has 0 radical (unpaired) electrons. The number of hydrogen-bond acceptors (Lipinski definition) is 4. The number of alkyl halides is 1. The Hall–Kier alpha value is -0.620. The molecule has 0 saturated carbocycles. The van der Waals surface area contributed by atoms with Crippen molar-refractivity contribution in [3.05, 3.63) is 0 Å². The highest BCUT2D eigenvalue weighted by Crippen LogP contribution is 2.52. The molecule has 3 aliphatic rings. The summed E-state index contributed by atoms with van der Waals surface area (Å²) in [6.45, 7) is 0. The van der Waals surface area contributed by atoms with Crippen molar-refractivity contribution in [2.24, 2.45) is 11.8 Å². The predicted molar refractivity (Wildman–Crippen MR) is 45.9 cm³/mol. The minimum absolute atomic E-state index is 0.184. The van der Waals surface area contributed by atoms with Crippen LogP contribution in [0.2, 0.25) is 0 Å². The minimum atomic E-state index is -0.982. The molecular formula is C8H7BrO5. The SMILES string of the molecule is O=C(O)[C@@H]1[C@H]2O[C@H]3[C@@H](OC(=O)[C@H]31)[C@H]2Br. The first-order chi connectivity index (χ1) is 6.61. The van der Waals surface area contributed by atoms with E-state index in [-0.39, 0.29) is 17.0 Å². The van der Waals surface area contributed by atoms with Crippen molar-refractivity contribution in [2.45, 2.75) is 23.1 Å². The van der Waals surface area contributed by atoms with Crippen LogP contribution in [0.5, 0.6) is 0 Å². The van der Waals surface area contributed by atoms with E-state index in [1.165, 1.54) is 0 Å². The van der Waals surface area contributed by atoms with Gasteiger partial charge in [0.2, 0.25) is 0 Å². The van der Waals surface area contributed by atoms with Gasteiger partial charge in [-0.1, -0.05) is 15.9 Å². The van der Waals surface area contributed by atoms with Crippen LogP contribution in [0.4, 0.5) is 0 Å². The predicted octanol–water partition coefficient (Wildman–Crippen LogP) is -0.227. The Kier molecular flexibility index (Phi) is 1.54. The van der Waals surface area contributed by atoms with Crippen molar-refractivity contribution < 1.29 is 24.2 Å². The molecule has 0 aromatic heterocycles. The van der Waals surface area contributed by atoms with E-state index in [4.69, 9.17) is 14.6 Å². The van der Waals surface area contributed by atoms with Gasteiger partial charge < -0.3 is 14.6 Å². The lowest BCUT2D eigenvalue weighted by atomic mass is 9.80. The maximum Gasteiger partial charge on any atom is 0.313 e. The molecule has 14 heavy (non-hydrogen) atoms. The largest absolute Gasteiger partial charge is 0.481 e. The summed E-state index contributed by atoms with van der Waals surface area (Å²) in [6.07, 6.45) is -1.09. The number of carbonyl (C=O) groups is 2.